The molecule has 0 bridgehead atoms. The molecule has 1 heterocycles. The molecular formula is C16H25N3O2. The lowest BCUT2D eigenvalue weighted by molar-refractivity contribution is 0.0828. The zero-order chi connectivity index (χ0) is 15.4. The van der Waals surface area contributed by atoms with Crippen LogP contribution in [0.3, 0.4) is 0 Å². The quantitative estimate of drug-likeness (QED) is 0.860. The van der Waals surface area contributed by atoms with Crippen molar-refractivity contribution < 1.29 is 9.53 Å². The second kappa shape index (κ2) is 6.80. The second-order valence-corrected chi connectivity index (χ2v) is 5.86. The Morgan fingerprint density at radius 1 is 1.38 bits per heavy atom. The van der Waals surface area contributed by atoms with Gasteiger partial charge < -0.3 is 20.3 Å². The highest BCUT2D eigenvalue weighted by atomic mass is 16.5. The minimum Gasteiger partial charge on any atom is -0.399 e. The first kappa shape index (κ1) is 15.6. The van der Waals surface area contributed by atoms with E-state index in [1.54, 1.807) is 32.2 Å². The Kier molecular flexibility index (Phi) is 5.07. The molecule has 0 atom stereocenters. The minimum absolute atomic E-state index is 0.0176. The number of piperidine rings is 1. The first-order valence-electron chi connectivity index (χ1n) is 7.38. The summed E-state index contributed by atoms with van der Waals surface area (Å²) in [6.07, 6.45) is 2.16. The molecule has 0 aromatic heterocycles. The summed E-state index contributed by atoms with van der Waals surface area (Å²) in [5.74, 6) is 0.629. The molecule has 1 amide bonds. The van der Waals surface area contributed by atoms with Crippen LogP contribution in [0.15, 0.2) is 18.2 Å². The zero-order valence-corrected chi connectivity index (χ0v) is 13.1. The number of benzene rings is 1. The fourth-order valence-corrected chi connectivity index (χ4v) is 2.81. The van der Waals surface area contributed by atoms with Gasteiger partial charge >= 0.3 is 0 Å². The summed E-state index contributed by atoms with van der Waals surface area (Å²) in [4.78, 5) is 16.2. The van der Waals surface area contributed by atoms with Crippen LogP contribution in [-0.2, 0) is 4.74 Å². The van der Waals surface area contributed by atoms with Crippen molar-refractivity contribution in [3.63, 3.8) is 0 Å². The van der Waals surface area contributed by atoms with Crippen LogP contribution >= 0.6 is 0 Å². The molecule has 0 radical (unpaired) electrons. The van der Waals surface area contributed by atoms with Crippen molar-refractivity contribution in [3.05, 3.63) is 23.8 Å². The molecule has 0 spiro atoms. The van der Waals surface area contributed by atoms with Crippen molar-refractivity contribution in [2.24, 2.45) is 5.92 Å². The summed E-state index contributed by atoms with van der Waals surface area (Å²) in [5.41, 5.74) is 8.28. The van der Waals surface area contributed by atoms with Crippen molar-refractivity contribution in [1.82, 2.24) is 4.90 Å². The summed E-state index contributed by atoms with van der Waals surface area (Å²) < 4.78 is 5.24. The number of anilines is 2. The summed E-state index contributed by atoms with van der Waals surface area (Å²) in [5, 5.41) is 0. The Bertz CT molecular complexity index is 494. The predicted molar refractivity (Wildman–Crippen MR) is 85.7 cm³/mol. The largest absolute Gasteiger partial charge is 0.399 e. The van der Waals surface area contributed by atoms with Gasteiger partial charge in [0.1, 0.15) is 0 Å². The maximum atomic E-state index is 12.3. The molecule has 0 saturated carbocycles. The Balaban J connectivity index is 2.19. The number of carbonyl (C=O) groups is 1. The van der Waals surface area contributed by atoms with Crippen LogP contribution in [0.25, 0.3) is 0 Å². The van der Waals surface area contributed by atoms with Gasteiger partial charge in [-0.05, 0) is 37.0 Å². The van der Waals surface area contributed by atoms with Gasteiger partial charge in [0.05, 0.1) is 11.3 Å². The van der Waals surface area contributed by atoms with Crippen molar-refractivity contribution in [3.8, 4) is 0 Å². The van der Waals surface area contributed by atoms with Crippen molar-refractivity contribution in [2.45, 2.75) is 12.8 Å². The third-order valence-corrected chi connectivity index (χ3v) is 4.02. The van der Waals surface area contributed by atoms with E-state index < -0.39 is 0 Å². The van der Waals surface area contributed by atoms with E-state index in [1.807, 2.05) is 12.1 Å². The SMILES string of the molecule is COCC1CCN(c2cc(N)ccc2C(=O)N(C)C)CC1. The number of ether oxygens (including phenoxy) is 1. The highest BCUT2D eigenvalue weighted by Crippen LogP contribution is 2.29. The van der Waals surface area contributed by atoms with Gasteiger partial charge in [0, 0.05) is 46.6 Å². The lowest BCUT2D eigenvalue weighted by Crippen LogP contribution is -2.36. The van der Waals surface area contributed by atoms with E-state index in [1.165, 1.54) is 0 Å². The van der Waals surface area contributed by atoms with E-state index in [0.29, 0.717) is 11.6 Å². The monoisotopic (exact) mass is 291 g/mol. The van der Waals surface area contributed by atoms with E-state index in [-0.39, 0.29) is 5.91 Å². The maximum absolute atomic E-state index is 12.3. The molecule has 1 aromatic carbocycles. The van der Waals surface area contributed by atoms with Crippen LogP contribution < -0.4 is 10.6 Å². The third kappa shape index (κ3) is 3.67. The van der Waals surface area contributed by atoms with Gasteiger partial charge in [-0.2, -0.15) is 0 Å². The Labute approximate surface area is 126 Å². The van der Waals surface area contributed by atoms with Gasteiger partial charge in [-0.25, -0.2) is 0 Å². The maximum Gasteiger partial charge on any atom is 0.255 e. The molecule has 2 rings (SSSR count). The van der Waals surface area contributed by atoms with E-state index in [9.17, 15) is 4.79 Å². The highest BCUT2D eigenvalue weighted by molar-refractivity contribution is 6.00. The van der Waals surface area contributed by atoms with Crippen LogP contribution in [0, 0.1) is 5.92 Å². The van der Waals surface area contributed by atoms with Gasteiger partial charge in [-0.1, -0.05) is 0 Å². The number of nitrogens with zero attached hydrogens (tertiary/aromatic N) is 2. The van der Waals surface area contributed by atoms with Crippen LogP contribution in [-0.4, -0.2) is 51.7 Å². The van der Waals surface area contributed by atoms with Gasteiger partial charge in [-0.3, -0.25) is 4.79 Å². The van der Waals surface area contributed by atoms with Crippen LogP contribution in [0.4, 0.5) is 11.4 Å². The van der Waals surface area contributed by atoms with Crippen molar-refractivity contribution in [1.29, 1.82) is 0 Å². The molecule has 5 nitrogen and oxygen atoms in total. The van der Waals surface area contributed by atoms with E-state index in [4.69, 9.17) is 10.5 Å². The average Bonchev–Trinajstić information content (AvgIpc) is 2.47. The third-order valence-electron chi connectivity index (χ3n) is 4.02. The van der Waals surface area contributed by atoms with E-state index in [2.05, 4.69) is 4.90 Å². The lowest BCUT2D eigenvalue weighted by atomic mass is 9.96. The molecule has 1 fully saturated rings. The molecular weight excluding hydrogens is 266 g/mol. The van der Waals surface area contributed by atoms with Crippen molar-refractivity contribution in [2.75, 3.05) is 51.5 Å². The molecule has 5 heteroatoms. The van der Waals surface area contributed by atoms with Gasteiger partial charge in [0.2, 0.25) is 0 Å². The Morgan fingerprint density at radius 2 is 2.05 bits per heavy atom. The molecule has 1 aliphatic heterocycles. The normalized spacial score (nSPS) is 16.0. The number of nitrogen functional groups attached to an aromatic ring is 1. The standard InChI is InChI=1S/C16H25N3O2/c1-18(2)16(20)14-5-4-13(17)10-15(14)19-8-6-12(7-9-19)11-21-3/h4-5,10,12H,6-9,11,17H2,1-3H3. The summed E-state index contributed by atoms with van der Waals surface area (Å²) in [7, 11) is 5.29. The van der Waals surface area contributed by atoms with Gasteiger partial charge in [-0.15, -0.1) is 0 Å². The minimum atomic E-state index is 0.0176. The zero-order valence-electron chi connectivity index (χ0n) is 13.1. The van der Waals surface area contributed by atoms with Gasteiger partial charge in [0.25, 0.3) is 5.91 Å². The van der Waals surface area contributed by atoms with Gasteiger partial charge in [0.15, 0.2) is 0 Å². The molecule has 2 N–H and O–H groups in total. The lowest BCUT2D eigenvalue weighted by Gasteiger charge is -2.34. The fraction of sp³-hybridized carbons (Fsp3) is 0.562. The molecule has 21 heavy (non-hydrogen) atoms. The van der Waals surface area contributed by atoms with Crippen LogP contribution in [0.5, 0.6) is 0 Å². The molecule has 1 aliphatic rings. The van der Waals surface area contributed by atoms with Crippen LogP contribution in [0.2, 0.25) is 0 Å². The number of hydrogen-bond acceptors (Lipinski definition) is 4. The highest BCUT2D eigenvalue weighted by Gasteiger charge is 2.23. The summed E-state index contributed by atoms with van der Waals surface area (Å²) in [6, 6.07) is 5.53. The number of rotatable bonds is 4. The topological polar surface area (TPSA) is 58.8 Å². The average molecular weight is 291 g/mol. The second-order valence-electron chi connectivity index (χ2n) is 5.86. The number of nitrogens with two attached hydrogens (primary N) is 1. The summed E-state index contributed by atoms with van der Waals surface area (Å²) in [6.45, 7) is 2.69. The fourth-order valence-electron chi connectivity index (χ4n) is 2.81. The Hall–Kier alpha value is -1.75. The van der Waals surface area contributed by atoms with Crippen molar-refractivity contribution >= 4 is 17.3 Å². The summed E-state index contributed by atoms with van der Waals surface area (Å²) >= 11 is 0. The molecule has 0 unspecified atom stereocenters. The number of carbonyl (C=O) groups excluding carboxylic acids is 1. The predicted octanol–water partition coefficient (Wildman–Crippen LogP) is 1.83. The number of methoxy groups -OCH3 is 1. The number of amides is 1. The van der Waals surface area contributed by atoms with Crippen LogP contribution in [0.1, 0.15) is 23.2 Å². The van der Waals surface area contributed by atoms with E-state index in [0.717, 1.165) is 43.8 Å². The number of hydrogen-bond donors (Lipinski definition) is 1. The first-order valence-corrected chi connectivity index (χ1v) is 7.38. The Morgan fingerprint density at radius 3 is 2.62 bits per heavy atom. The smallest absolute Gasteiger partial charge is 0.255 e. The van der Waals surface area contributed by atoms with E-state index >= 15 is 0 Å². The molecule has 116 valence electrons. The molecule has 0 aliphatic carbocycles. The molecule has 1 saturated heterocycles. The first-order chi connectivity index (χ1) is 10.0. The molecule has 1 aromatic rings.